The summed E-state index contributed by atoms with van der Waals surface area (Å²) in [5.41, 5.74) is 0. The first-order chi connectivity index (χ1) is 7.34. The van der Waals surface area contributed by atoms with E-state index in [4.69, 9.17) is 0 Å². The Morgan fingerprint density at radius 3 is 2.53 bits per heavy atom. The third kappa shape index (κ3) is 1.83. The van der Waals surface area contributed by atoms with Gasteiger partial charge < -0.3 is 5.11 Å². The van der Waals surface area contributed by atoms with Crippen LogP contribution in [-0.2, 0) is 0 Å². The number of fused-ring (bicyclic) bond motifs is 2. The Hall–Kier alpha value is -0.0800. The molecular weight excluding hydrogens is 186 g/mol. The molecule has 2 nitrogen and oxygen atoms in total. The van der Waals surface area contributed by atoms with Crippen LogP contribution in [0.15, 0.2) is 0 Å². The second kappa shape index (κ2) is 4.06. The Bertz CT molecular complexity index is 231. The summed E-state index contributed by atoms with van der Waals surface area (Å²) in [6, 6.07) is 1.33. The molecule has 1 saturated heterocycles. The molecule has 3 aliphatic rings. The molecule has 3 fully saturated rings. The third-order valence-corrected chi connectivity index (χ3v) is 4.82. The first-order valence-corrected chi connectivity index (χ1v) is 6.78. The van der Waals surface area contributed by atoms with E-state index < -0.39 is 0 Å². The molecule has 0 aromatic heterocycles. The quantitative estimate of drug-likeness (QED) is 0.669. The minimum Gasteiger partial charge on any atom is -0.391 e. The lowest BCUT2D eigenvalue weighted by molar-refractivity contribution is 0.0272. The smallest absolute Gasteiger partial charge is 0.0695 e. The minimum atomic E-state index is -0.0353. The average molecular weight is 209 g/mol. The lowest BCUT2D eigenvalue weighted by Crippen LogP contribution is -2.47. The van der Waals surface area contributed by atoms with E-state index in [0.717, 1.165) is 18.4 Å². The number of likely N-dealkylation sites (tertiary alicyclic amines) is 1. The highest BCUT2D eigenvalue weighted by molar-refractivity contribution is 4.97. The molecule has 1 N–H and O–H groups in total. The standard InChI is InChI=1S/C13H23NO/c15-13-5-3-1-2-4-12(13)14-9-10-6-7-11(14)8-10/h10-13,15H,1-9H2. The van der Waals surface area contributed by atoms with Crippen LogP contribution in [0.3, 0.4) is 0 Å². The molecule has 1 aliphatic heterocycles. The number of nitrogens with zero attached hydrogens (tertiary/aromatic N) is 1. The van der Waals surface area contributed by atoms with E-state index in [1.807, 2.05) is 0 Å². The number of piperidine rings is 1. The number of rotatable bonds is 1. The molecule has 1 heterocycles. The van der Waals surface area contributed by atoms with E-state index in [-0.39, 0.29) is 6.10 Å². The van der Waals surface area contributed by atoms with Crippen molar-refractivity contribution in [1.29, 1.82) is 0 Å². The molecular formula is C13H23NO. The lowest BCUT2D eigenvalue weighted by Gasteiger charge is -2.37. The summed E-state index contributed by atoms with van der Waals surface area (Å²) in [6.45, 7) is 1.28. The molecule has 15 heavy (non-hydrogen) atoms. The first-order valence-electron chi connectivity index (χ1n) is 6.78. The van der Waals surface area contributed by atoms with E-state index in [2.05, 4.69) is 4.90 Å². The zero-order valence-corrected chi connectivity index (χ0v) is 9.57. The van der Waals surface area contributed by atoms with Crippen molar-refractivity contribution in [2.75, 3.05) is 6.54 Å². The highest BCUT2D eigenvalue weighted by atomic mass is 16.3. The summed E-state index contributed by atoms with van der Waals surface area (Å²) in [5, 5.41) is 10.2. The van der Waals surface area contributed by atoms with Gasteiger partial charge in [0.15, 0.2) is 0 Å². The van der Waals surface area contributed by atoms with Gasteiger partial charge in [0.1, 0.15) is 0 Å². The number of hydrogen-bond donors (Lipinski definition) is 1. The second-order valence-electron chi connectivity index (χ2n) is 5.80. The van der Waals surface area contributed by atoms with Crippen LogP contribution in [0.1, 0.15) is 51.4 Å². The minimum absolute atomic E-state index is 0.0353. The van der Waals surface area contributed by atoms with Crippen LogP contribution < -0.4 is 0 Å². The average Bonchev–Trinajstić information content (AvgIpc) is 2.79. The van der Waals surface area contributed by atoms with E-state index in [1.54, 1.807) is 0 Å². The molecule has 0 aromatic rings. The molecule has 0 spiro atoms. The predicted octanol–water partition coefficient (Wildman–Crippen LogP) is 2.16. The van der Waals surface area contributed by atoms with Crippen LogP contribution in [-0.4, -0.2) is 34.7 Å². The highest BCUT2D eigenvalue weighted by Gasteiger charge is 2.42. The van der Waals surface area contributed by atoms with Gasteiger partial charge in [-0.25, -0.2) is 0 Å². The van der Waals surface area contributed by atoms with Gasteiger partial charge in [-0.1, -0.05) is 19.3 Å². The molecule has 3 rings (SSSR count). The van der Waals surface area contributed by atoms with Crippen molar-refractivity contribution in [1.82, 2.24) is 4.90 Å². The van der Waals surface area contributed by atoms with Gasteiger partial charge in [-0.15, -0.1) is 0 Å². The molecule has 86 valence electrons. The summed E-state index contributed by atoms with van der Waals surface area (Å²) in [6.07, 6.45) is 10.4. The maximum absolute atomic E-state index is 10.2. The molecule has 2 heteroatoms. The van der Waals surface area contributed by atoms with Gasteiger partial charge >= 0.3 is 0 Å². The molecule has 0 radical (unpaired) electrons. The van der Waals surface area contributed by atoms with Crippen molar-refractivity contribution in [3.63, 3.8) is 0 Å². The van der Waals surface area contributed by atoms with Gasteiger partial charge in [0.25, 0.3) is 0 Å². The molecule has 2 aliphatic carbocycles. The van der Waals surface area contributed by atoms with Crippen molar-refractivity contribution < 1.29 is 5.11 Å². The molecule has 4 atom stereocenters. The second-order valence-corrected chi connectivity index (χ2v) is 5.80. The predicted molar refractivity (Wildman–Crippen MR) is 60.7 cm³/mol. The summed E-state index contributed by atoms with van der Waals surface area (Å²) in [7, 11) is 0. The maximum atomic E-state index is 10.2. The van der Waals surface area contributed by atoms with Crippen LogP contribution in [0, 0.1) is 5.92 Å². The molecule has 2 saturated carbocycles. The Morgan fingerprint density at radius 1 is 0.933 bits per heavy atom. The Labute approximate surface area is 92.7 Å². The Kier molecular flexibility index (Phi) is 2.73. The van der Waals surface area contributed by atoms with E-state index in [1.165, 1.54) is 51.5 Å². The van der Waals surface area contributed by atoms with Crippen molar-refractivity contribution in [3.05, 3.63) is 0 Å². The Morgan fingerprint density at radius 2 is 1.80 bits per heavy atom. The zero-order valence-electron chi connectivity index (χ0n) is 9.57. The number of aliphatic hydroxyl groups is 1. The van der Waals surface area contributed by atoms with Gasteiger partial charge in [0.2, 0.25) is 0 Å². The monoisotopic (exact) mass is 209 g/mol. The van der Waals surface area contributed by atoms with E-state index in [9.17, 15) is 5.11 Å². The zero-order chi connectivity index (χ0) is 10.3. The summed E-state index contributed by atoms with van der Waals surface area (Å²) >= 11 is 0. The largest absolute Gasteiger partial charge is 0.391 e. The molecule has 0 aromatic carbocycles. The fourth-order valence-corrected chi connectivity index (χ4v) is 4.02. The SMILES string of the molecule is OC1CCCCCC1N1CC2CCC1C2. The van der Waals surface area contributed by atoms with E-state index >= 15 is 0 Å². The van der Waals surface area contributed by atoms with E-state index in [0.29, 0.717) is 6.04 Å². The first kappa shape index (κ1) is 10.1. The van der Waals surface area contributed by atoms with Gasteiger partial charge in [0, 0.05) is 18.6 Å². The van der Waals surface area contributed by atoms with Crippen LogP contribution in [0.4, 0.5) is 0 Å². The lowest BCUT2D eigenvalue weighted by atomic mass is 10.0. The number of aliphatic hydroxyl groups excluding tert-OH is 1. The summed E-state index contributed by atoms with van der Waals surface area (Å²) < 4.78 is 0. The van der Waals surface area contributed by atoms with Crippen molar-refractivity contribution in [2.24, 2.45) is 5.92 Å². The van der Waals surface area contributed by atoms with Crippen LogP contribution in [0.5, 0.6) is 0 Å². The molecule has 2 bridgehead atoms. The fraction of sp³-hybridized carbons (Fsp3) is 1.00. The highest BCUT2D eigenvalue weighted by Crippen LogP contribution is 2.40. The van der Waals surface area contributed by atoms with Crippen molar-refractivity contribution in [2.45, 2.75) is 69.6 Å². The Balaban J connectivity index is 1.69. The fourth-order valence-electron chi connectivity index (χ4n) is 4.02. The molecule has 4 unspecified atom stereocenters. The van der Waals surface area contributed by atoms with Crippen LogP contribution >= 0.6 is 0 Å². The van der Waals surface area contributed by atoms with Crippen molar-refractivity contribution in [3.8, 4) is 0 Å². The van der Waals surface area contributed by atoms with Gasteiger partial charge in [-0.3, -0.25) is 4.90 Å². The third-order valence-electron chi connectivity index (χ3n) is 4.82. The topological polar surface area (TPSA) is 23.5 Å². The molecule has 0 amide bonds. The number of hydrogen-bond acceptors (Lipinski definition) is 2. The van der Waals surface area contributed by atoms with Crippen molar-refractivity contribution >= 4 is 0 Å². The summed E-state index contributed by atoms with van der Waals surface area (Å²) in [5.74, 6) is 0.963. The van der Waals surface area contributed by atoms with Gasteiger partial charge in [-0.2, -0.15) is 0 Å². The maximum Gasteiger partial charge on any atom is 0.0695 e. The van der Waals surface area contributed by atoms with Crippen LogP contribution in [0.2, 0.25) is 0 Å². The van der Waals surface area contributed by atoms with Gasteiger partial charge in [-0.05, 0) is 38.0 Å². The van der Waals surface area contributed by atoms with Crippen LogP contribution in [0.25, 0.3) is 0 Å². The normalized spacial score (nSPS) is 47.0. The summed E-state index contributed by atoms with van der Waals surface area (Å²) in [4.78, 5) is 2.66. The van der Waals surface area contributed by atoms with Gasteiger partial charge in [0.05, 0.1) is 6.10 Å².